The molecule has 1 amide bonds. The van der Waals surface area contributed by atoms with Crippen LogP contribution < -0.4 is 10.0 Å². The maximum absolute atomic E-state index is 14.7. The van der Waals surface area contributed by atoms with Crippen LogP contribution in [0.5, 0.6) is 0 Å². The normalized spacial score (nSPS) is 14.7. The van der Waals surface area contributed by atoms with Crippen molar-refractivity contribution < 1.29 is 9.18 Å². The number of hydrogen-bond donors (Lipinski definition) is 2. The van der Waals surface area contributed by atoms with Crippen molar-refractivity contribution in [1.82, 2.24) is 4.72 Å². The zero-order chi connectivity index (χ0) is 21.9. The van der Waals surface area contributed by atoms with Gasteiger partial charge in [-0.15, -0.1) is 0 Å². The quantitative estimate of drug-likeness (QED) is 0.313. The minimum atomic E-state index is -1.43. The predicted octanol–water partition coefficient (Wildman–Crippen LogP) is 6.62. The lowest BCUT2D eigenvalue weighted by Gasteiger charge is -2.17. The van der Waals surface area contributed by atoms with Crippen molar-refractivity contribution in [2.45, 2.75) is 65.3 Å². The summed E-state index contributed by atoms with van der Waals surface area (Å²) in [6, 6.07) is 5.94. The average Bonchev–Trinajstić information content (AvgIpc) is 2.65. The van der Waals surface area contributed by atoms with Crippen LogP contribution >= 0.6 is 11.9 Å². The van der Waals surface area contributed by atoms with Crippen molar-refractivity contribution in [3.63, 3.8) is 0 Å². The monoisotopic (exact) mass is 418 g/mol. The van der Waals surface area contributed by atoms with Gasteiger partial charge < -0.3 is 5.32 Å². The number of allylic oxidation sites excluding steroid dienone is 5. The van der Waals surface area contributed by atoms with E-state index in [-0.39, 0.29) is 12.5 Å². The average molecular weight is 419 g/mol. The van der Waals surface area contributed by atoms with Gasteiger partial charge in [-0.3, -0.25) is 9.52 Å². The molecule has 0 aromatic heterocycles. The molecule has 0 saturated carbocycles. The molecule has 3 nitrogen and oxygen atoms in total. The van der Waals surface area contributed by atoms with E-state index in [4.69, 9.17) is 0 Å². The highest BCUT2D eigenvalue weighted by Crippen LogP contribution is 2.24. The van der Waals surface area contributed by atoms with E-state index in [1.807, 2.05) is 44.2 Å². The number of halogens is 1. The second-order valence-electron chi connectivity index (χ2n) is 7.49. The van der Waals surface area contributed by atoms with E-state index in [1.54, 1.807) is 19.1 Å². The van der Waals surface area contributed by atoms with Gasteiger partial charge in [0.15, 0.2) is 0 Å². The fourth-order valence-corrected chi connectivity index (χ4v) is 3.17. The molecule has 1 atom stereocenters. The Balaban J connectivity index is 3.00. The van der Waals surface area contributed by atoms with Crippen LogP contribution in [0.1, 0.15) is 58.6 Å². The molecule has 0 aliphatic heterocycles. The Morgan fingerprint density at radius 1 is 1.31 bits per heavy atom. The summed E-state index contributed by atoms with van der Waals surface area (Å²) in [5.74, 6) is -0.00287. The number of rotatable bonds is 11. The maximum atomic E-state index is 14.7. The van der Waals surface area contributed by atoms with Crippen molar-refractivity contribution >= 4 is 29.1 Å². The Bertz CT molecular complexity index is 751. The molecule has 0 saturated heterocycles. The molecule has 160 valence electrons. The minimum Gasteiger partial charge on any atom is -0.326 e. The van der Waals surface area contributed by atoms with Gasteiger partial charge in [0, 0.05) is 23.9 Å². The Morgan fingerprint density at radius 2 is 2.03 bits per heavy atom. The molecule has 1 aromatic carbocycles. The number of nitrogens with one attached hydrogen (secondary N) is 2. The van der Waals surface area contributed by atoms with Gasteiger partial charge in [-0.05, 0) is 55.2 Å². The zero-order valence-electron chi connectivity index (χ0n) is 18.5. The molecule has 0 fully saturated rings. The first-order valence-corrected chi connectivity index (χ1v) is 11.1. The summed E-state index contributed by atoms with van der Waals surface area (Å²) in [7, 11) is 0. The van der Waals surface area contributed by atoms with E-state index in [2.05, 4.69) is 36.9 Å². The van der Waals surface area contributed by atoms with E-state index in [1.165, 1.54) is 11.9 Å². The van der Waals surface area contributed by atoms with Gasteiger partial charge in [-0.25, -0.2) is 4.39 Å². The molecule has 0 heterocycles. The topological polar surface area (TPSA) is 41.1 Å². The van der Waals surface area contributed by atoms with Crippen LogP contribution in [0.3, 0.4) is 0 Å². The summed E-state index contributed by atoms with van der Waals surface area (Å²) in [6.45, 7) is 11.8. The minimum absolute atomic E-state index is 0.00287. The van der Waals surface area contributed by atoms with Crippen molar-refractivity contribution in [3.8, 4) is 0 Å². The third-order valence-electron chi connectivity index (χ3n) is 4.14. The van der Waals surface area contributed by atoms with Gasteiger partial charge >= 0.3 is 0 Å². The lowest BCUT2D eigenvalue weighted by atomic mass is 10.0. The molecule has 2 N–H and O–H groups in total. The van der Waals surface area contributed by atoms with E-state index in [0.29, 0.717) is 11.7 Å². The number of anilines is 1. The predicted molar refractivity (Wildman–Crippen MR) is 127 cm³/mol. The highest BCUT2D eigenvalue weighted by atomic mass is 32.2. The molecule has 1 aromatic rings. The van der Waals surface area contributed by atoms with E-state index in [9.17, 15) is 9.18 Å². The molecule has 1 rings (SSSR count). The number of benzene rings is 1. The summed E-state index contributed by atoms with van der Waals surface area (Å²) in [4.78, 5) is 11.7. The van der Waals surface area contributed by atoms with Crippen LogP contribution in [0.15, 0.2) is 48.6 Å². The van der Waals surface area contributed by atoms with Gasteiger partial charge in [-0.2, -0.15) is 0 Å². The molecule has 0 bridgehead atoms. The molecule has 29 heavy (non-hydrogen) atoms. The van der Waals surface area contributed by atoms with E-state index >= 15 is 0 Å². The third kappa shape index (κ3) is 9.95. The first-order valence-electron chi connectivity index (χ1n) is 10.2. The first-order chi connectivity index (χ1) is 13.7. The summed E-state index contributed by atoms with van der Waals surface area (Å²) in [5.41, 5.74) is 2.41. The van der Waals surface area contributed by atoms with Crippen molar-refractivity contribution in [2.75, 3.05) is 11.9 Å². The van der Waals surface area contributed by atoms with Crippen LogP contribution in [-0.2, 0) is 4.79 Å². The van der Waals surface area contributed by atoms with Crippen molar-refractivity contribution in [3.05, 3.63) is 59.7 Å². The number of carbonyl (C=O) groups excluding carboxylic acids is 1. The molecule has 0 spiro atoms. The van der Waals surface area contributed by atoms with Crippen molar-refractivity contribution in [1.29, 1.82) is 0 Å². The Morgan fingerprint density at radius 3 is 2.62 bits per heavy atom. The number of alkyl halides is 1. The molecule has 0 aliphatic carbocycles. The molecule has 1 unspecified atom stereocenters. The van der Waals surface area contributed by atoms with Crippen LogP contribution in [0.25, 0.3) is 5.57 Å². The Labute approximate surface area is 180 Å². The lowest BCUT2D eigenvalue weighted by Crippen LogP contribution is -2.29. The van der Waals surface area contributed by atoms with Crippen LogP contribution in [-0.4, -0.2) is 23.4 Å². The number of aryl methyl sites for hydroxylation is 1. The van der Waals surface area contributed by atoms with Gasteiger partial charge in [0.25, 0.3) is 0 Å². The SMILES string of the molecule is CC\C=C/C(=C\C=C\C(C)(F)CNSC(C)C)c1ccc(NC(=O)CC)c(C)c1. The molecular formula is C24H35FN2OS. The summed E-state index contributed by atoms with van der Waals surface area (Å²) in [5, 5.41) is 3.32. The van der Waals surface area contributed by atoms with E-state index in [0.717, 1.165) is 28.8 Å². The fraction of sp³-hybridized carbons (Fsp3) is 0.458. The fourth-order valence-electron chi connectivity index (χ4n) is 2.48. The largest absolute Gasteiger partial charge is 0.326 e. The number of hydrogen-bond acceptors (Lipinski definition) is 3. The third-order valence-corrected chi connectivity index (χ3v) is 4.93. The lowest BCUT2D eigenvalue weighted by molar-refractivity contribution is -0.115. The van der Waals surface area contributed by atoms with E-state index < -0.39 is 5.67 Å². The first kappa shape index (κ1) is 25.2. The Kier molecular flexibility index (Phi) is 11.0. The zero-order valence-corrected chi connectivity index (χ0v) is 19.3. The highest BCUT2D eigenvalue weighted by molar-refractivity contribution is 7.97. The maximum Gasteiger partial charge on any atom is 0.224 e. The van der Waals surface area contributed by atoms with Gasteiger partial charge in [0.2, 0.25) is 5.91 Å². The number of amides is 1. The van der Waals surface area contributed by atoms with Gasteiger partial charge in [0.1, 0.15) is 5.67 Å². The second-order valence-corrected chi connectivity index (χ2v) is 8.96. The smallest absolute Gasteiger partial charge is 0.224 e. The summed E-state index contributed by atoms with van der Waals surface area (Å²) >= 11 is 1.53. The highest BCUT2D eigenvalue weighted by Gasteiger charge is 2.18. The summed E-state index contributed by atoms with van der Waals surface area (Å²) < 4.78 is 17.8. The Hall–Kier alpha value is -1.85. The standard InChI is InChI=1S/C24H35FN2OS/c1-7-9-11-20(12-10-15-24(6,25)17-26-29-18(3)4)21-13-14-22(19(5)16-21)27-23(28)8-2/h9-16,18,26H,7-8,17H2,1-6H3,(H,27,28)/b11-9-,15-10+,20-12+. The van der Waals surface area contributed by atoms with Crippen LogP contribution in [0.2, 0.25) is 0 Å². The van der Waals surface area contributed by atoms with Crippen LogP contribution in [0.4, 0.5) is 10.1 Å². The number of carbonyl (C=O) groups is 1. The van der Waals surface area contributed by atoms with Crippen LogP contribution in [0, 0.1) is 6.92 Å². The van der Waals surface area contributed by atoms with Crippen molar-refractivity contribution in [2.24, 2.45) is 0 Å². The summed E-state index contributed by atoms with van der Waals surface area (Å²) in [6.07, 6.45) is 10.8. The van der Waals surface area contributed by atoms with Gasteiger partial charge in [-0.1, -0.05) is 70.0 Å². The molecular weight excluding hydrogens is 383 g/mol. The molecule has 0 radical (unpaired) electrons. The molecule has 0 aliphatic rings. The second kappa shape index (κ2) is 12.7. The van der Waals surface area contributed by atoms with Gasteiger partial charge in [0.05, 0.1) is 0 Å². The molecule has 5 heteroatoms.